The van der Waals surface area contributed by atoms with E-state index in [-0.39, 0.29) is 16.5 Å². The van der Waals surface area contributed by atoms with Crippen LogP contribution in [0.25, 0.3) is 11.4 Å². The third-order valence-electron chi connectivity index (χ3n) is 3.94. The lowest BCUT2D eigenvalue weighted by Crippen LogP contribution is -2.15. The molecule has 2 aromatic carbocycles. The maximum atomic E-state index is 14.0. The highest BCUT2D eigenvalue weighted by molar-refractivity contribution is 7.91. The van der Waals surface area contributed by atoms with Gasteiger partial charge in [0.05, 0.1) is 10.8 Å². The molecule has 0 amide bonds. The van der Waals surface area contributed by atoms with Crippen molar-refractivity contribution in [3.63, 3.8) is 0 Å². The third-order valence-corrected chi connectivity index (χ3v) is 6.01. The predicted octanol–water partition coefficient (Wildman–Crippen LogP) is 3.16. The smallest absolute Gasteiger partial charge is 0.250 e. The zero-order valence-corrected chi connectivity index (χ0v) is 14.0. The standard InChI is InChI=1S/C17H16FN3O2S/c1-12(13-8-4-3-5-9-13)24(22,23)17-20-19-16(21(17)2)14-10-6-7-11-15(14)18/h3-12H,1-2H3/t12-/m1/s1. The normalized spacial score (nSPS) is 13.0. The fraction of sp³-hybridized carbons (Fsp3) is 0.176. The van der Waals surface area contributed by atoms with E-state index in [0.717, 1.165) is 0 Å². The molecule has 3 rings (SSSR count). The van der Waals surface area contributed by atoms with E-state index in [2.05, 4.69) is 10.2 Å². The third kappa shape index (κ3) is 2.71. The van der Waals surface area contributed by atoms with Crippen LogP contribution in [0.2, 0.25) is 0 Å². The first-order valence-electron chi connectivity index (χ1n) is 7.36. The lowest BCUT2D eigenvalue weighted by molar-refractivity contribution is 0.568. The van der Waals surface area contributed by atoms with Crippen molar-refractivity contribution in [2.45, 2.75) is 17.3 Å². The zero-order valence-electron chi connectivity index (χ0n) is 13.2. The number of benzene rings is 2. The Kier molecular flexibility index (Phi) is 4.19. The Balaban J connectivity index is 2.06. The Labute approximate surface area is 139 Å². The number of rotatable bonds is 4. The van der Waals surface area contributed by atoms with Gasteiger partial charge in [-0.1, -0.05) is 42.5 Å². The first-order valence-corrected chi connectivity index (χ1v) is 8.90. The summed E-state index contributed by atoms with van der Waals surface area (Å²) in [4.78, 5) is 0. The summed E-state index contributed by atoms with van der Waals surface area (Å²) in [7, 11) is -2.24. The molecule has 1 atom stereocenters. The molecular weight excluding hydrogens is 329 g/mol. The van der Waals surface area contributed by atoms with Crippen molar-refractivity contribution < 1.29 is 12.8 Å². The first-order chi connectivity index (χ1) is 11.4. The second kappa shape index (κ2) is 6.16. The number of aromatic nitrogens is 3. The van der Waals surface area contributed by atoms with E-state index in [9.17, 15) is 12.8 Å². The quantitative estimate of drug-likeness (QED) is 0.728. The average Bonchev–Trinajstić information content (AvgIpc) is 2.97. The molecule has 3 aromatic rings. The summed E-state index contributed by atoms with van der Waals surface area (Å²) in [6.07, 6.45) is 0. The molecule has 5 nitrogen and oxygen atoms in total. The van der Waals surface area contributed by atoms with Gasteiger partial charge in [-0.3, -0.25) is 0 Å². The van der Waals surface area contributed by atoms with Crippen molar-refractivity contribution >= 4 is 9.84 Å². The summed E-state index contributed by atoms with van der Waals surface area (Å²) in [6, 6.07) is 14.9. The summed E-state index contributed by atoms with van der Waals surface area (Å²) in [6.45, 7) is 1.60. The molecule has 1 aromatic heterocycles. The summed E-state index contributed by atoms with van der Waals surface area (Å²) >= 11 is 0. The molecule has 7 heteroatoms. The van der Waals surface area contributed by atoms with Gasteiger partial charge in [-0.25, -0.2) is 12.8 Å². The number of hydrogen-bond donors (Lipinski definition) is 0. The molecule has 0 aliphatic heterocycles. The van der Waals surface area contributed by atoms with Crippen LogP contribution in [0.5, 0.6) is 0 Å². The SMILES string of the molecule is C[C@H](c1ccccc1)S(=O)(=O)c1nnc(-c2ccccc2F)n1C. The number of hydrogen-bond acceptors (Lipinski definition) is 4. The van der Waals surface area contributed by atoms with Crippen molar-refractivity contribution in [1.29, 1.82) is 0 Å². The minimum Gasteiger partial charge on any atom is -0.301 e. The van der Waals surface area contributed by atoms with Gasteiger partial charge in [0.25, 0.3) is 0 Å². The minimum atomic E-state index is -3.76. The highest BCUT2D eigenvalue weighted by atomic mass is 32.2. The monoisotopic (exact) mass is 345 g/mol. The summed E-state index contributed by atoms with van der Waals surface area (Å²) in [5.41, 5.74) is 0.870. The van der Waals surface area contributed by atoms with Gasteiger partial charge in [0.15, 0.2) is 5.82 Å². The Bertz CT molecular complexity index is 969. The molecule has 1 heterocycles. The number of sulfone groups is 1. The van der Waals surface area contributed by atoms with Crippen LogP contribution in [0.3, 0.4) is 0 Å². The van der Waals surface area contributed by atoms with Crippen molar-refractivity contribution in [3.8, 4) is 11.4 Å². The average molecular weight is 345 g/mol. The van der Waals surface area contributed by atoms with Crippen LogP contribution in [-0.4, -0.2) is 23.2 Å². The fourth-order valence-corrected chi connectivity index (χ4v) is 3.96. The van der Waals surface area contributed by atoms with Crippen LogP contribution >= 0.6 is 0 Å². The molecule has 0 unspecified atom stereocenters. The molecule has 24 heavy (non-hydrogen) atoms. The first kappa shape index (κ1) is 16.3. The highest BCUT2D eigenvalue weighted by Crippen LogP contribution is 2.29. The Morgan fingerprint density at radius 2 is 1.62 bits per heavy atom. The maximum Gasteiger partial charge on any atom is 0.250 e. The van der Waals surface area contributed by atoms with Crippen molar-refractivity contribution in [2.24, 2.45) is 7.05 Å². The lowest BCUT2D eigenvalue weighted by atomic mass is 10.2. The van der Waals surface area contributed by atoms with E-state index >= 15 is 0 Å². The van der Waals surface area contributed by atoms with Gasteiger partial charge >= 0.3 is 0 Å². The van der Waals surface area contributed by atoms with Gasteiger partial charge in [0.2, 0.25) is 15.0 Å². The van der Waals surface area contributed by atoms with Crippen LogP contribution in [0.15, 0.2) is 59.8 Å². The van der Waals surface area contributed by atoms with Gasteiger partial charge in [0.1, 0.15) is 5.82 Å². The molecule has 0 bridgehead atoms. The van der Waals surface area contributed by atoms with Gasteiger partial charge in [-0.15, -0.1) is 10.2 Å². The molecule has 0 spiro atoms. The molecule has 0 fully saturated rings. The van der Waals surface area contributed by atoms with Crippen LogP contribution in [0, 0.1) is 5.82 Å². The Hall–Kier alpha value is -2.54. The topological polar surface area (TPSA) is 64.8 Å². The van der Waals surface area contributed by atoms with E-state index in [4.69, 9.17) is 0 Å². The Morgan fingerprint density at radius 1 is 1.00 bits per heavy atom. The van der Waals surface area contributed by atoms with E-state index in [0.29, 0.717) is 5.56 Å². The number of nitrogens with zero attached hydrogens (tertiary/aromatic N) is 3. The fourth-order valence-electron chi connectivity index (χ4n) is 2.50. The van der Waals surface area contributed by atoms with Crippen LogP contribution < -0.4 is 0 Å². The molecule has 0 radical (unpaired) electrons. The van der Waals surface area contributed by atoms with Crippen molar-refractivity contribution in [3.05, 3.63) is 66.0 Å². The summed E-state index contributed by atoms with van der Waals surface area (Å²) in [5, 5.41) is 6.73. The van der Waals surface area contributed by atoms with E-state index in [1.807, 2.05) is 6.07 Å². The lowest BCUT2D eigenvalue weighted by Gasteiger charge is -2.13. The molecular formula is C17H16FN3O2S. The maximum absolute atomic E-state index is 14.0. The van der Waals surface area contributed by atoms with E-state index in [1.54, 1.807) is 43.3 Å². The summed E-state index contributed by atoms with van der Waals surface area (Å²) < 4.78 is 41.0. The van der Waals surface area contributed by atoms with E-state index in [1.165, 1.54) is 23.7 Å². The summed E-state index contributed by atoms with van der Waals surface area (Å²) in [5.74, 6) is -0.306. The van der Waals surface area contributed by atoms with Gasteiger partial charge in [-0.05, 0) is 24.6 Å². The van der Waals surface area contributed by atoms with Crippen LogP contribution in [-0.2, 0) is 16.9 Å². The van der Waals surface area contributed by atoms with Crippen LogP contribution in [0.1, 0.15) is 17.7 Å². The number of halogens is 1. The molecule has 0 aliphatic carbocycles. The minimum absolute atomic E-state index is 0.173. The van der Waals surface area contributed by atoms with E-state index < -0.39 is 20.9 Å². The second-order valence-electron chi connectivity index (χ2n) is 5.44. The molecule has 0 aliphatic rings. The molecule has 0 N–H and O–H groups in total. The highest BCUT2D eigenvalue weighted by Gasteiger charge is 2.31. The predicted molar refractivity (Wildman–Crippen MR) is 88.4 cm³/mol. The van der Waals surface area contributed by atoms with Crippen molar-refractivity contribution in [1.82, 2.24) is 14.8 Å². The Morgan fingerprint density at radius 3 is 2.29 bits per heavy atom. The zero-order chi connectivity index (χ0) is 17.3. The molecule has 0 saturated carbocycles. The largest absolute Gasteiger partial charge is 0.301 e. The molecule has 0 saturated heterocycles. The van der Waals surface area contributed by atoms with Gasteiger partial charge in [0, 0.05) is 7.05 Å². The van der Waals surface area contributed by atoms with Crippen molar-refractivity contribution in [2.75, 3.05) is 0 Å². The van der Waals surface area contributed by atoms with Crippen LogP contribution in [0.4, 0.5) is 4.39 Å². The van der Waals surface area contributed by atoms with Gasteiger partial charge in [-0.2, -0.15) is 0 Å². The van der Waals surface area contributed by atoms with Gasteiger partial charge < -0.3 is 4.57 Å². The molecule has 124 valence electrons. The second-order valence-corrected chi connectivity index (χ2v) is 7.61.